The third-order valence-corrected chi connectivity index (χ3v) is 18.3. The van der Waals surface area contributed by atoms with E-state index in [2.05, 4.69) is 197 Å². The fraction of sp³-hybridized carbons (Fsp3) is 0.222. The van der Waals surface area contributed by atoms with Crippen LogP contribution in [0.4, 0.5) is 22.0 Å². The lowest BCUT2D eigenvalue weighted by atomic mass is 10.1. The summed E-state index contributed by atoms with van der Waals surface area (Å²) in [6.45, 7) is 27.2. The van der Waals surface area contributed by atoms with Crippen molar-refractivity contribution in [2.24, 2.45) is 0 Å². The average molecular weight is 921 g/mol. The van der Waals surface area contributed by atoms with E-state index in [0.29, 0.717) is 0 Å². The molecule has 7 aromatic carbocycles. The van der Waals surface area contributed by atoms with Crippen LogP contribution < -0.4 is 36.5 Å². The van der Waals surface area contributed by atoms with Gasteiger partial charge >= 0.3 is 7.32 Å². The summed E-state index contributed by atoms with van der Waals surface area (Å²) >= 11 is 0. The standard InChI is InChI=1S/2C24H27P.C6H2BF5O3/c2*1-16-10-7-11-17(2)22(16)25(23-18(3)12-8-13-19(23)4)24-20(5)14-9-15-21(24)6;8-1-2(9)4(11)6(15-7(13)14)5(12)3(1)10/h2*7-15H,1-6H3;13-14H. The molecule has 0 radical (unpaired) electrons. The van der Waals surface area contributed by atoms with Gasteiger partial charge in [-0.25, -0.2) is 13.2 Å². The summed E-state index contributed by atoms with van der Waals surface area (Å²) in [4.78, 5) is 0. The van der Waals surface area contributed by atoms with E-state index in [-0.39, 0.29) is 0 Å². The SMILES string of the molecule is Cc1cccc(C)c1P(c1c(C)cccc1C)c1c(C)cccc1C.Cc1cccc(C)c1P(c1c(C)cccc1C)c1c(C)cccc1C.OB(O)Oc1c(F)c(F)c(F)c(F)c1F. The van der Waals surface area contributed by atoms with Crippen LogP contribution in [0.1, 0.15) is 66.8 Å². The summed E-state index contributed by atoms with van der Waals surface area (Å²) in [5, 5.41) is 25.5. The molecule has 0 heterocycles. The van der Waals surface area contributed by atoms with Crippen molar-refractivity contribution in [1.29, 1.82) is 0 Å². The maximum absolute atomic E-state index is 12.7. The highest BCUT2D eigenvalue weighted by Crippen LogP contribution is 2.41. The number of halogens is 5. The fourth-order valence-corrected chi connectivity index (χ4v) is 14.9. The number of benzene rings is 7. The Morgan fingerprint density at radius 3 is 0.615 bits per heavy atom. The van der Waals surface area contributed by atoms with Gasteiger partial charge in [-0.05, 0) is 198 Å². The van der Waals surface area contributed by atoms with Gasteiger partial charge in [0, 0.05) is 0 Å². The maximum atomic E-state index is 12.7. The molecule has 7 aromatic rings. The Morgan fingerprint density at radius 2 is 0.462 bits per heavy atom. The second-order valence-electron chi connectivity index (χ2n) is 16.5. The van der Waals surface area contributed by atoms with Crippen LogP contribution in [0.15, 0.2) is 109 Å². The van der Waals surface area contributed by atoms with Crippen LogP contribution in [-0.4, -0.2) is 17.4 Å². The smallest absolute Gasteiger partial charge is 0.507 e. The van der Waals surface area contributed by atoms with Gasteiger partial charge in [-0.1, -0.05) is 109 Å². The van der Waals surface area contributed by atoms with Gasteiger partial charge in [0.25, 0.3) is 0 Å². The summed E-state index contributed by atoms with van der Waals surface area (Å²) in [5.74, 6) is -13.1. The molecular weight excluding hydrogens is 864 g/mol. The molecule has 2 N–H and O–H groups in total. The molecule has 0 unspecified atom stereocenters. The third kappa shape index (κ3) is 11.1. The van der Waals surface area contributed by atoms with Crippen molar-refractivity contribution in [2.45, 2.75) is 83.1 Å². The Hall–Kier alpha value is -5.17. The zero-order valence-electron chi connectivity index (χ0n) is 39.1. The van der Waals surface area contributed by atoms with E-state index in [4.69, 9.17) is 10.0 Å². The molecule has 0 fully saturated rings. The van der Waals surface area contributed by atoms with E-state index in [1.165, 1.54) is 98.6 Å². The van der Waals surface area contributed by atoms with E-state index in [0.717, 1.165) is 0 Å². The summed E-state index contributed by atoms with van der Waals surface area (Å²) < 4.78 is 66.3. The first kappa shape index (κ1) is 50.8. The lowest BCUT2D eigenvalue weighted by molar-refractivity contribution is 0.263. The summed E-state index contributed by atoms with van der Waals surface area (Å²) in [6, 6.07) is 40.2. The van der Waals surface area contributed by atoms with Gasteiger partial charge < -0.3 is 14.7 Å². The quantitative estimate of drug-likeness (QED) is 0.0525. The minimum Gasteiger partial charge on any atom is -0.507 e. The van der Waals surface area contributed by atoms with Crippen molar-refractivity contribution in [3.05, 3.63) is 205 Å². The minimum absolute atomic E-state index is 0.571. The predicted molar refractivity (Wildman–Crippen MR) is 264 cm³/mol. The molecule has 0 atom stereocenters. The topological polar surface area (TPSA) is 49.7 Å². The molecular formula is C54H56BF5O3P2. The highest BCUT2D eigenvalue weighted by atomic mass is 31.1. The van der Waals surface area contributed by atoms with E-state index in [1.807, 2.05) is 0 Å². The van der Waals surface area contributed by atoms with Crippen molar-refractivity contribution in [3.8, 4) is 5.75 Å². The molecule has 65 heavy (non-hydrogen) atoms. The lowest BCUT2D eigenvalue weighted by Crippen LogP contribution is -2.29. The van der Waals surface area contributed by atoms with E-state index in [1.54, 1.807) is 0 Å². The van der Waals surface area contributed by atoms with Crippen molar-refractivity contribution in [2.75, 3.05) is 0 Å². The van der Waals surface area contributed by atoms with Crippen molar-refractivity contribution < 1.29 is 36.7 Å². The fourth-order valence-electron chi connectivity index (χ4n) is 8.41. The molecule has 7 rings (SSSR count). The molecule has 0 saturated carbocycles. The second-order valence-corrected chi connectivity index (χ2v) is 20.5. The van der Waals surface area contributed by atoms with Crippen LogP contribution in [-0.2, 0) is 0 Å². The molecule has 0 aliphatic rings. The molecule has 0 aliphatic heterocycles. The summed E-state index contributed by atoms with van der Waals surface area (Å²) in [5.41, 5.74) is 16.8. The van der Waals surface area contributed by atoms with Crippen molar-refractivity contribution in [3.63, 3.8) is 0 Å². The van der Waals surface area contributed by atoms with Crippen molar-refractivity contribution in [1.82, 2.24) is 0 Å². The van der Waals surface area contributed by atoms with Crippen molar-refractivity contribution >= 4 is 55.0 Å². The Labute approximate surface area is 384 Å². The molecule has 0 spiro atoms. The molecule has 0 saturated heterocycles. The van der Waals surface area contributed by atoms with Gasteiger partial charge in [0.1, 0.15) is 0 Å². The molecule has 0 bridgehead atoms. The van der Waals surface area contributed by atoms with Gasteiger partial charge in [-0.2, -0.15) is 8.78 Å². The summed E-state index contributed by atoms with van der Waals surface area (Å²) in [6.07, 6.45) is 0. The normalized spacial score (nSPS) is 11.0. The molecule has 0 aliphatic carbocycles. The van der Waals surface area contributed by atoms with E-state index in [9.17, 15) is 22.0 Å². The Balaban J connectivity index is 0.000000190. The Kier molecular flexibility index (Phi) is 17.1. The molecule has 0 amide bonds. The Morgan fingerprint density at radius 1 is 0.308 bits per heavy atom. The number of hydrogen-bond donors (Lipinski definition) is 2. The summed E-state index contributed by atoms with van der Waals surface area (Å²) in [7, 11) is -3.84. The van der Waals surface area contributed by atoms with Gasteiger partial charge in [-0.3, -0.25) is 0 Å². The maximum Gasteiger partial charge on any atom is 0.707 e. The van der Waals surface area contributed by atoms with Gasteiger partial charge in [-0.15, -0.1) is 0 Å². The molecule has 11 heteroatoms. The second kappa shape index (κ2) is 21.9. The number of hydrogen-bond acceptors (Lipinski definition) is 3. The van der Waals surface area contributed by atoms with Gasteiger partial charge in [0.2, 0.25) is 29.1 Å². The molecule has 338 valence electrons. The monoisotopic (exact) mass is 920 g/mol. The first-order chi connectivity index (χ1) is 30.7. The zero-order valence-corrected chi connectivity index (χ0v) is 40.8. The van der Waals surface area contributed by atoms with Gasteiger partial charge in [0.05, 0.1) is 0 Å². The van der Waals surface area contributed by atoms with Crippen LogP contribution in [0, 0.1) is 112 Å². The average Bonchev–Trinajstić information content (AvgIpc) is 3.23. The largest absolute Gasteiger partial charge is 0.707 e. The first-order valence-electron chi connectivity index (χ1n) is 21.2. The van der Waals surface area contributed by atoms with Crippen LogP contribution in [0.2, 0.25) is 0 Å². The van der Waals surface area contributed by atoms with E-state index >= 15 is 0 Å². The van der Waals surface area contributed by atoms with Crippen LogP contribution in [0.25, 0.3) is 0 Å². The number of aryl methyl sites for hydroxylation is 12. The minimum atomic E-state index is -2.70. The van der Waals surface area contributed by atoms with E-state index < -0.39 is 58.0 Å². The van der Waals surface area contributed by atoms with Crippen LogP contribution >= 0.6 is 15.8 Å². The highest BCUT2D eigenvalue weighted by Gasteiger charge is 2.30. The van der Waals surface area contributed by atoms with Crippen LogP contribution in [0.3, 0.4) is 0 Å². The number of rotatable bonds is 8. The predicted octanol–water partition coefficient (Wildman–Crippen LogP) is 11.3. The Bertz CT molecular complexity index is 2300. The molecule has 3 nitrogen and oxygen atoms in total. The zero-order chi connectivity index (χ0) is 48.0. The highest BCUT2D eigenvalue weighted by molar-refractivity contribution is 7.80. The van der Waals surface area contributed by atoms with Gasteiger partial charge in [0.15, 0.2) is 5.75 Å². The first-order valence-corrected chi connectivity index (χ1v) is 23.9. The van der Waals surface area contributed by atoms with Crippen LogP contribution in [0.5, 0.6) is 5.75 Å². The molecule has 0 aromatic heterocycles. The third-order valence-electron chi connectivity index (χ3n) is 11.4. The lowest BCUT2D eigenvalue weighted by Gasteiger charge is -2.29.